The zero-order valence-corrected chi connectivity index (χ0v) is 7.11. The Morgan fingerprint density at radius 3 is 2.92 bits per heavy atom. The minimum Gasteiger partial charge on any atom is -0.462 e. The third kappa shape index (κ3) is 6.50. The van der Waals surface area contributed by atoms with E-state index in [0.717, 1.165) is 6.21 Å². The van der Waals surface area contributed by atoms with E-state index >= 15 is 0 Å². The zero-order valence-electron chi connectivity index (χ0n) is 7.11. The van der Waals surface area contributed by atoms with Crippen LogP contribution in [0.25, 0.3) is 0 Å². The molecule has 0 unspecified atom stereocenters. The summed E-state index contributed by atoms with van der Waals surface area (Å²) >= 11 is 0. The highest BCUT2D eigenvalue weighted by Crippen LogP contribution is 1.75. The summed E-state index contributed by atoms with van der Waals surface area (Å²) in [4.78, 5) is 21.2. The Morgan fingerprint density at radius 2 is 2.38 bits per heavy atom. The second-order valence-electron chi connectivity index (χ2n) is 1.88. The van der Waals surface area contributed by atoms with Crippen LogP contribution in [0.1, 0.15) is 13.3 Å². The van der Waals surface area contributed by atoms with Gasteiger partial charge in [-0.3, -0.25) is 4.79 Å². The quantitative estimate of drug-likeness (QED) is 0.363. The number of nitrogens with zero attached hydrogens (tertiary/aromatic N) is 2. The first-order chi connectivity index (χ1) is 6.20. The largest absolute Gasteiger partial charge is 0.462 e. The third-order valence-corrected chi connectivity index (χ3v) is 0.885. The normalized spacial score (nSPS) is 9.23. The summed E-state index contributed by atoms with van der Waals surface area (Å²) < 4.78 is 4.48. The number of nitrogens with one attached hydrogen (secondary N) is 1. The van der Waals surface area contributed by atoms with Gasteiger partial charge in [0.05, 0.1) is 12.7 Å². The fraction of sp³-hybridized carbons (Fsp3) is 0.429. The summed E-state index contributed by atoms with van der Waals surface area (Å²) in [5.74, 6) is -1.21. The van der Waals surface area contributed by atoms with Crippen molar-refractivity contribution >= 4 is 18.1 Å². The van der Waals surface area contributed by atoms with Crippen molar-refractivity contribution in [2.75, 3.05) is 6.61 Å². The van der Waals surface area contributed by atoms with Crippen LogP contribution in [-0.4, -0.2) is 24.7 Å². The van der Waals surface area contributed by atoms with Crippen LogP contribution >= 0.6 is 0 Å². The average molecular weight is 183 g/mol. The predicted octanol–water partition coefficient (Wildman–Crippen LogP) is -0.435. The summed E-state index contributed by atoms with van der Waals surface area (Å²) in [7, 11) is 0. The van der Waals surface area contributed by atoms with Crippen LogP contribution in [0.5, 0.6) is 0 Å². The van der Waals surface area contributed by atoms with Crippen LogP contribution < -0.4 is 5.43 Å². The number of nitriles is 1. The second-order valence-corrected chi connectivity index (χ2v) is 1.88. The number of carbonyl (C=O) groups is 2. The molecular weight excluding hydrogens is 174 g/mol. The van der Waals surface area contributed by atoms with Gasteiger partial charge in [0.1, 0.15) is 12.6 Å². The molecule has 1 N–H and O–H groups in total. The molecule has 0 aliphatic heterocycles. The van der Waals surface area contributed by atoms with Crippen molar-refractivity contribution < 1.29 is 14.3 Å². The number of ether oxygens (including phenoxy) is 1. The molecule has 0 aromatic heterocycles. The Bertz CT molecular complexity index is 254. The molecule has 0 aromatic carbocycles. The Labute approximate surface area is 75.2 Å². The standard InChI is InChI=1S/C7H9N3O3/c1-2-13-7(12)5-9-10-6(11)3-4-8/h5H,2-3H2,1H3,(H,10,11)/b9-5+. The lowest BCUT2D eigenvalue weighted by atomic mass is 10.5. The van der Waals surface area contributed by atoms with Gasteiger partial charge >= 0.3 is 5.97 Å². The highest BCUT2D eigenvalue weighted by molar-refractivity contribution is 6.23. The molecule has 13 heavy (non-hydrogen) atoms. The maximum atomic E-state index is 10.6. The molecule has 0 bridgehead atoms. The summed E-state index contributed by atoms with van der Waals surface area (Å²) in [6.45, 7) is 1.90. The topological polar surface area (TPSA) is 91.5 Å². The Hall–Kier alpha value is -1.90. The van der Waals surface area contributed by atoms with Crippen molar-refractivity contribution in [2.45, 2.75) is 13.3 Å². The molecule has 1 amide bonds. The first kappa shape index (κ1) is 11.1. The fourth-order valence-electron chi connectivity index (χ4n) is 0.448. The minimum absolute atomic E-state index is 0.247. The van der Waals surface area contributed by atoms with Gasteiger partial charge in [0.25, 0.3) is 5.91 Å². The van der Waals surface area contributed by atoms with Crippen molar-refractivity contribution in [3.8, 4) is 6.07 Å². The van der Waals surface area contributed by atoms with Gasteiger partial charge in [-0.05, 0) is 6.92 Å². The van der Waals surface area contributed by atoms with Crippen molar-refractivity contribution in [3.63, 3.8) is 0 Å². The SMILES string of the molecule is CCOC(=O)/C=N/NC(=O)CC#N. The number of amides is 1. The predicted molar refractivity (Wildman–Crippen MR) is 43.5 cm³/mol. The Balaban J connectivity index is 3.69. The molecule has 0 fully saturated rings. The molecule has 70 valence electrons. The number of hydrazone groups is 1. The van der Waals surface area contributed by atoms with Crippen molar-refractivity contribution in [3.05, 3.63) is 0 Å². The van der Waals surface area contributed by atoms with Gasteiger partial charge in [-0.25, -0.2) is 10.2 Å². The van der Waals surface area contributed by atoms with Crippen LogP contribution in [0, 0.1) is 11.3 Å². The first-order valence-corrected chi connectivity index (χ1v) is 3.56. The first-order valence-electron chi connectivity index (χ1n) is 3.56. The lowest BCUT2D eigenvalue weighted by Crippen LogP contribution is -2.18. The van der Waals surface area contributed by atoms with E-state index in [1.54, 1.807) is 13.0 Å². The van der Waals surface area contributed by atoms with E-state index in [9.17, 15) is 9.59 Å². The van der Waals surface area contributed by atoms with E-state index in [-0.39, 0.29) is 13.0 Å². The molecule has 0 aromatic rings. The number of esters is 1. The molecule has 0 saturated carbocycles. The molecule has 0 saturated heterocycles. The van der Waals surface area contributed by atoms with Gasteiger partial charge in [0.2, 0.25) is 0 Å². The molecule has 0 atom stereocenters. The number of hydrogen-bond donors (Lipinski definition) is 1. The van der Waals surface area contributed by atoms with E-state index in [4.69, 9.17) is 5.26 Å². The molecule has 0 rings (SSSR count). The summed E-state index contributed by atoms with van der Waals surface area (Å²) in [6.07, 6.45) is 0.541. The van der Waals surface area contributed by atoms with E-state index in [0.29, 0.717) is 0 Å². The number of carbonyl (C=O) groups excluding carboxylic acids is 2. The molecule has 0 radical (unpaired) electrons. The zero-order chi connectivity index (χ0) is 10.1. The lowest BCUT2D eigenvalue weighted by Gasteiger charge is -1.94. The van der Waals surface area contributed by atoms with E-state index in [1.807, 2.05) is 5.43 Å². The minimum atomic E-state index is -0.639. The van der Waals surface area contributed by atoms with Gasteiger partial charge < -0.3 is 4.74 Å². The molecule has 6 nitrogen and oxygen atoms in total. The molecular formula is C7H9N3O3. The molecule has 0 heterocycles. The molecule has 0 aliphatic rings. The highest BCUT2D eigenvalue weighted by Gasteiger charge is 1.97. The Morgan fingerprint density at radius 1 is 1.69 bits per heavy atom. The maximum Gasteiger partial charge on any atom is 0.351 e. The van der Waals surface area contributed by atoms with E-state index in [2.05, 4.69) is 9.84 Å². The van der Waals surface area contributed by atoms with Crippen LogP contribution in [0.3, 0.4) is 0 Å². The number of rotatable bonds is 4. The van der Waals surface area contributed by atoms with Crippen molar-refractivity contribution in [1.29, 1.82) is 5.26 Å². The fourth-order valence-corrected chi connectivity index (χ4v) is 0.448. The van der Waals surface area contributed by atoms with Crippen molar-refractivity contribution in [2.24, 2.45) is 5.10 Å². The Kier molecular flexibility index (Phi) is 5.80. The van der Waals surface area contributed by atoms with Crippen molar-refractivity contribution in [1.82, 2.24) is 5.43 Å². The van der Waals surface area contributed by atoms with Crippen LogP contribution in [0.4, 0.5) is 0 Å². The number of hydrogen-bond acceptors (Lipinski definition) is 5. The van der Waals surface area contributed by atoms with Crippen LogP contribution in [0.2, 0.25) is 0 Å². The summed E-state index contributed by atoms with van der Waals surface area (Å²) in [5.41, 5.74) is 1.98. The maximum absolute atomic E-state index is 10.6. The third-order valence-electron chi connectivity index (χ3n) is 0.885. The molecule has 0 spiro atoms. The van der Waals surface area contributed by atoms with Crippen LogP contribution in [0.15, 0.2) is 5.10 Å². The monoisotopic (exact) mass is 183 g/mol. The molecule has 6 heteroatoms. The van der Waals surface area contributed by atoms with Crippen LogP contribution in [-0.2, 0) is 14.3 Å². The van der Waals surface area contributed by atoms with Gasteiger partial charge in [-0.2, -0.15) is 10.4 Å². The lowest BCUT2D eigenvalue weighted by molar-refractivity contribution is -0.134. The smallest absolute Gasteiger partial charge is 0.351 e. The molecule has 0 aliphatic carbocycles. The average Bonchev–Trinajstić information content (AvgIpc) is 2.05. The summed E-state index contributed by atoms with van der Waals surface area (Å²) in [6, 6.07) is 1.63. The highest BCUT2D eigenvalue weighted by atomic mass is 16.5. The summed E-state index contributed by atoms with van der Waals surface area (Å²) in [5, 5.41) is 11.3. The van der Waals surface area contributed by atoms with Gasteiger partial charge in [-0.15, -0.1) is 0 Å². The van der Waals surface area contributed by atoms with Gasteiger partial charge in [0, 0.05) is 0 Å². The van der Waals surface area contributed by atoms with E-state index in [1.165, 1.54) is 0 Å². The van der Waals surface area contributed by atoms with Gasteiger partial charge in [0.15, 0.2) is 0 Å². The second kappa shape index (κ2) is 6.79. The van der Waals surface area contributed by atoms with Gasteiger partial charge in [-0.1, -0.05) is 0 Å². The van der Waals surface area contributed by atoms with E-state index < -0.39 is 11.9 Å².